The predicted octanol–water partition coefficient (Wildman–Crippen LogP) is 0.893. The summed E-state index contributed by atoms with van der Waals surface area (Å²) in [4.78, 5) is 11.2. The van der Waals surface area contributed by atoms with Gasteiger partial charge in [-0.25, -0.2) is 9.98 Å². The van der Waals surface area contributed by atoms with E-state index in [2.05, 4.69) is 36.0 Å². The fourth-order valence-electron chi connectivity index (χ4n) is 1.45. The van der Waals surface area contributed by atoms with Gasteiger partial charge >= 0.3 is 0 Å². The summed E-state index contributed by atoms with van der Waals surface area (Å²) >= 11 is 0. The van der Waals surface area contributed by atoms with Crippen molar-refractivity contribution in [1.29, 1.82) is 0 Å². The van der Waals surface area contributed by atoms with Gasteiger partial charge in [-0.2, -0.15) is 0 Å². The van der Waals surface area contributed by atoms with E-state index >= 15 is 0 Å². The van der Waals surface area contributed by atoms with Crippen LogP contribution in [0.1, 0.15) is 27.7 Å². The minimum absolute atomic E-state index is 0.181. The molecule has 1 aliphatic heterocycles. The largest absolute Gasteiger partial charge is 0.330 e. The first-order valence-corrected chi connectivity index (χ1v) is 5.40. The van der Waals surface area contributed by atoms with Crippen LogP contribution in [0.3, 0.4) is 0 Å². The summed E-state index contributed by atoms with van der Waals surface area (Å²) in [7, 11) is 0. The molecule has 1 rings (SSSR count). The van der Waals surface area contributed by atoms with Gasteiger partial charge < -0.3 is 5.32 Å². The van der Waals surface area contributed by atoms with Gasteiger partial charge in [0.25, 0.3) is 5.91 Å². The smallest absolute Gasteiger partial charge is 0.268 e. The number of aliphatic imine (C=N–C) groups is 2. The Hall–Kier alpha value is -1.63. The number of nitrogens with one attached hydrogen (secondary N) is 3. The molecule has 1 atom stereocenters. The standard InChI is InChI=1S/C9H18N8/c1-5-12-9(16-8(2,3)4)13-6-11-7(14-9)15-17-10/h6,12,16H,5H2,1-4H3,(H,11,13,14). The van der Waals surface area contributed by atoms with E-state index in [1.165, 1.54) is 6.34 Å². The molecule has 0 saturated carbocycles. The average molecular weight is 238 g/mol. The van der Waals surface area contributed by atoms with Crippen LogP contribution in [-0.4, -0.2) is 30.3 Å². The molecular weight excluding hydrogens is 220 g/mol. The molecule has 17 heavy (non-hydrogen) atoms. The molecule has 1 aliphatic rings. The highest BCUT2D eigenvalue weighted by Gasteiger charge is 2.33. The van der Waals surface area contributed by atoms with Crippen LogP contribution >= 0.6 is 0 Å². The zero-order valence-electron chi connectivity index (χ0n) is 10.5. The van der Waals surface area contributed by atoms with Crippen LogP contribution in [0.4, 0.5) is 0 Å². The number of guanidine groups is 1. The zero-order chi connectivity index (χ0) is 12.9. The Morgan fingerprint density at radius 1 is 1.59 bits per heavy atom. The van der Waals surface area contributed by atoms with Crippen LogP contribution in [-0.2, 0) is 0 Å². The molecule has 0 amide bonds. The van der Waals surface area contributed by atoms with Crippen LogP contribution < -0.4 is 16.0 Å². The molecule has 0 radical (unpaired) electrons. The summed E-state index contributed by atoms with van der Waals surface area (Å²) in [5.74, 6) is -0.804. The van der Waals surface area contributed by atoms with Crippen molar-refractivity contribution in [2.75, 3.05) is 6.54 Å². The van der Waals surface area contributed by atoms with Gasteiger partial charge in [0.2, 0.25) is 0 Å². The Bertz CT molecular complexity index is 373. The molecule has 0 aromatic heterocycles. The zero-order valence-corrected chi connectivity index (χ0v) is 10.5. The van der Waals surface area contributed by atoms with Gasteiger partial charge in [0, 0.05) is 10.5 Å². The Balaban J connectivity index is 3.01. The first-order valence-electron chi connectivity index (χ1n) is 5.40. The highest BCUT2D eigenvalue weighted by molar-refractivity contribution is 5.92. The topological polar surface area (TPSA) is 110 Å². The second-order valence-corrected chi connectivity index (χ2v) is 4.60. The van der Waals surface area contributed by atoms with Crippen molar-refractivity contribution in [3.05, 3.63) is 10.4 Å². The molecule has 0 fully saturated rings. The first kappa shape index (κ1) is 13.4. The van der Waals surface area contributed by atoms with Gasteiger partial charge in [-0.05, 0) is 38.0 Å². The summed E-state index contributed by atoms with van der Waals surface area (Å²) in [6.07, 6.45) is 1.46. The molecule has 0 saturated heterocycles. The highest BCUT2D eigenvalue weighted by Crippen LogP contribution is 2.14. The molecule has 0 aromatic rings. The lowest BCUT2D eigenvalue weighted by molar-refractivity contribution is 0.214. The van der Waals surface area contributed by atoms with Gasteiger partial charge in [0.15, 0.2) is 5.96 Å². The van der Waals surface area contributed by atoms with Gasteiger partial charge in [-0.1, -0.05) is 6.92 Å². The summed E-state index contributed by atoms with van der Waals surface area (Å²) < 4.78 is 0. The maximum Gasteiger partial charge on any atom is 0.268 e. The van der Waals surface area contributed by atoms with Gasteiger partial charge in [0.05, 0.1) is 6.34 Å². The van der Waals surface area contributed by atoms with Crippen molar-refractivity contribution in [3.63, 3.8) is 0 Å². The molecular formula is C9H18N8. The van der Waals surface area contributed by atoms with E-state index in [4.69, 9.17) is 5.53 Å². The molecule has 0 aliphatic carbocycles. The SMILES string of the molecule is CCNC1(NC(C)(C)C)N=CNC(N=[N+]=[N-])=N1. The maximum absolute atomic E-state index is 8.40. The van der Waals surface area contributed by atoms with Crippen LogP contribution in [0.25, 0.3) is 10.4 Å². The van der Waals surface area contributed by atoms with Gasteiger partial charge in [-0.15, -0.1) is 0 Å². The third-order valence-corrected chi connectivity index (χ3v) is 1.82. The fraction of sp³-hybridized carbons (Fsp3) is 0.778. The third-order valence-electron chi connectivity index (χ3n) is 1.82. The van der Waals surface area contributed by atoms with Crippen LogP contribution in [0.15, 0.2) is 15.1 Å². The van der Waals surface area contributed by atoms with Crippen molar-refractivity contribution >= 4 is 12.3 Å². The lowest BCUT2D eigenvalue weighted by atomic mass is 10.1. The number of hydrogen-bond acceptors (Lipinski definition) is 6. The molecule has 1 heterocycles. The van der Waals surface area contributed by atoms with E-state index in [0.29, 0.717) is 6.54 Å². The van der Waals surface area contributed by atoms with E-state index in [9.17, 15) is 0 Å². The van der Waals surface area contributed by atoms with E-state index in [1.807, 2.05) is 27.7 Å². The number of azide groups is 1. The molecule has 3 N–H and O–H groups in total. The summed E-state index contributed by atoms with van der Waals surface area (Å²) in [6.45, 7) is 8.64. The van der Waals surface area contributed by atoms with E-state index in [1.54, 1.807) is 0 Å². The number of nitrogens with zero attached hydrogens (tertiary/aromatic N) is 5. The van der Waals surface area contributed by atoms with Gasteiger partial charge in [-0.3, -0.25) is 10.6 Å². The quantitative estimate of drug-likeness (QED) is 0.294. The fourth-order valence-corrected chi connectivity index (χ4v) is 1.45. The molecule has 0 spiro atoms. The van der Waals surface area contributed by atoms with Gasteiger partial charge in [0.1, 0.15) is 0 Å². The summed E-state index contributed by atoms with van der Waals surface area (Å²) in [5, 5.41) is 12.5. The van der Waals surface area contributed by atoms with E-state index in [-0.39, 0.29) is 11.5 Å². The Morgan fingerprint density at radius 2 is 2.29 bits per heavy atom. The molecule has 8 heteroatoms. The molecule has 0 bridgehead atoms. The minimum atomic E-state index is -0.984. The van der Waals surface area contributed by atoms with Crippen LogP contribution in [0.2, 0.25) is 0 Å². The molecule has 0 aromatic carbocycles. The van der Waals surface area contributed by atoms with Crippen molar-refractivity contribution < 1.29 is 0 Å². The predicted molar refractivity (Wildman–Crippen MR) is 67.5 cm³/mol. The second-order valence-electron chi connectivity index (χ2n) is 4.60. The molecule has 94 valence electrons. The molecule has 8 nitrogen and oxygen atoms in total. The average Bonchev–Trinajstić information content (AvgIpc) is 2.15. The minimum Gasteiger partial charge on any atom is -0.330 e. The molecule has 1 unspecified atom stereocenters. The second kappa shape index (κ2) is 5.13. The van der Waals surface area contributed by atoms with Crippen LogP contribution in [0.5, 0.6) is 0 Å². The maximum atomic E-state index is 8.40. The van der Waals surface area contributed by atoms with Crippen molar-refractivity contribution in [1.82, 2.24) is 16.0 Å². The van der Waals surface area contributed by atoms with Crippen molar-refractivity contribution in [2.24, 2.45) is 15.1 Å². The Morgan fingerprint density at radius 3 is 2.82 bits per heavy atom. The Labute approximate surface area is 100 Å². The van der Waals surface area contributed by atoms with Crippen molar-refractivity contribution in [2.45, 2.75) is 39.1 Å². The number of hydrogen-bond donors (Lipinski definition) is 3. The van der Waals surface area contributed by atoms with Crippen LogP contribution in [0, 0.1) is 0 Å². The normalized spacial score (nSPS) is 23.6. The third kappa shape index (κ3) is 4.03. The lowest BCUT2D eigenvalue weighted by Crippen LogP contribution is -2.62. The Kier molecular flexibility index (Phi) is 4.06. The lowest BCUT2D eigenvalue weighted by Gasteiger charge is -2.36. The summed E-state index contributed by atoms with van der Waals surface area (Å²) in [5.41, 5.74) is 8.21. The first-order chi connectivity index (χ1) is 7.91. The van der Waals surface area contributed by atoms with E-state index < -0.39 is 5.91 Å². The monoisotopic (exact) mass is 238 g/mol. The van der Waals surface area contributed by atoms with Crippen molar-refractivity contribution in [3.8, 4) is 0 Å². The summed E-state index contributed by atoms with van der Waals surface area (Å²) in [6, 6.07) is 0. The van der Waals surface area contributed by atoms with E-state index in [0.717, 1.165) is 0 Å². The highest BCUT2D eigenvalue weighted by atomic mass is 15.5. The number of rotatable bonds is 3.